The van der Waals surface area contributed by atoms with Crippen LogP contribution < -0.4 is 5.32 Å². The van der Waals surface area contributed by atoms with Crippen LogP contribution >= 0.6 is 0 Å². The van der Waals surface area contributed by atoms with Gasteiger partial charge >= 0.3 is 0 Å². The van der Waals surface area contributed by atoms with Gasteiger partial charge in [-0.15, -0.1) is 0 Å². The topological polar surface area (TPSA) is 70.2 Å². The van der Waals surface area contributed by atoms with Gasteiger partial charge in [-0.1, -0.05) is 24.3 Å². The number of hydrogen-bond donors (Lipinski definition) is 2. The molecule has 1 amide bonds. The summed E-state index contributed by atoms with van der Waals surface area (Å²) in [6.07, 6.45) is 4.27. The zero-order chi connectivity index (χ0) is 22.2. The van der Waals surface area contributed by atoms with Crippen molar-refractivity contribution in [2.45, 2.75) is 32.3 Å². The van der Waals surface area contributed by atoms with Crippen molar-refractivity contribution < 1.29 is 13.9 Å². The molecule has 1 aliphatic rings. The highest BCUT2D eigenvalue weighted by Gasteiger charge is 2.19. The Kier molecular flexibility index (Phi) is 7.85. The third-order valence-electron chi connectivity index (χ3n) is 6.10. The van der Waals surface area contributed by atoms with E-state index in [-0.39, 0.29) is 18.3 Å². The Balaban J connectivity index is 1.06. The fourth-order valence-corrected chi connectivity index (χ4v) is 4.20. The van der Waals surface area contributed by atoms with E-state index in [4.69, 9.17) is 4.74 Å². The molecule has 2 N–H and O–H groups in total. The number of benzene rings is 2. The van der Waals surface area contributed by atoms with Crippen molar-refractivity contribution in [3.63, 3.8) is 0 Å². The number of hydrogen-bond acceptors (Lipinski definition) is 4. The molecule has 0 aliphatic carbocycles. The minimum absolute atomic E-state index is 0.0254. The molecule has 0 unspecified atom stereocenters. The number of ether oxygens (including phenoxy) is 1. The van der Waals surface area contributed by atoms with Crippen LogP contribution in [-0.2, 0) is 22.6 Å². The maximum atomic E-state index is 12.9. The zero-order valence-corrected chi connectivity index (χ0v) is 18.4. The molecule has 170 valence electrons. The minimum atomic E-state index is -0.275. The third kappa shape index (κ3) is 6.61. The lowest BCUT2D eigenvalue weighted by Gasteiger charge is -2.31. The number of para-hydroxylation sites is 2. The van der Waals surface area contributed by atoms with E-state index in [9.17, 15) is 9.18 Å². The Morgan fingerprint density at radius 3 is 2.72 bits per heavy atom. The predicted octanol–water partition coefficient (Wildman–Crippen LogP) is 3.68. The lowest BCUT2D eigenvalue weighted by molar-refractivity contribution is -0.126. The van der Waals surface area contributed by atoms with Gasteiger partial charge in [0.25, 0.3) is 0 Å². The molecule has 0 saturated carbocycles. The van der Waals surface area contributed by atoms with Crippen LogP contribution in [0.3, 0.4) is 0 Å². The number of piperidine rings is 1. The average Bonchev–Trinajstić information content (AvgIpc) is 3.23. The number of H-pyrrole nitrogens is 1. The van der Waals surface area contributed by atoms with E-state index in [1.165, 1.54) is 12.1 Å². The van der Waals surface area contributed by atoms with E-state index in [1.54, 1.807) is 12.1 Å². The molecule has 0 atom stereocenters. The summed E-state index contributed by atoms with van der Waals surface area (Å²) in [5.41, 5.74) is 2.99. The largest absolute Gasteiger partial charge is 0.367 e. The van der Waals surface area contributed by atoms with Crippen molar-refractivity contribution >= 4 is 16.9 Å². The van der Waals surface area contributed by atoms with Crippen LogP contribution in [0.2, 0.25) is 0 Å². The number of nitrogens with zero attached hydrogens (tertiary/aromatic N) is 2. The molecular weight excluding hydrogens is 407 g/mol. The van der Waals surface area contributed by atoms with Gasteiger partial charge in [0, 0.05) is 19.5 Å². The predicted molar refractivity (Wildman–Crippen MR) is 123 cm³/mol. The van der Waals surface area contributed by atoms with Crippen molar-refractivity contribution in [2.75, 3.05) is 32.8 Å². The van der Waals surface area contributed by atoms with Gasteiger partial charge in [0.1, 0.15) is 18.2 Å². The molecule has 1 saturated heterocycles. The van der Waals surface area contributed by atoms with Gasteiger partial charge in [0.15, 0.2) is 0 Å². The number of imidazole rings is 1. The molecule has 1 aromatic heterocycles. The Hall–Kier alpha value is -2.77. The van der Waals surface area contributed by atoms with Gasteiger partial charge in [-0.2, -0.15) is 0 Å². The maximum Gasteiger partial charge on any atom is 0.246 e. The molecule has 2 heterocycles. The van der Waals surface area contributed by atoms with E-state index in [2.05, 4.69) is 26.3 Å². The molecule has 2 aromatic carbocycles. The van der Waals surface area contributed by atoms with E-state index < -0.39 is 0 Å². The summed E-state index contributed by atoms with van der Waals surface area (Å²) < 4.78 is 18.3. The molecule has 0 spiro atoms. The highest BCUT2D eigenvalue weighted by Crippen LogP contribution is 2.20. The van der Waals surface area contributed by atoms with E-state index in [0.29, 0.717) is 19.1 Å². The quantitative estimate of drug-likeness (QED) is 0.507. The first-order valence-corrected chi connectivity index (χ1v) is 11.4. The molecule has 7 heteroatoms. The van der Waals surface area contributed by atoms with Crippen LogP contribution in [0, 0.1) is 11.7 Å². The van der Waals surface area contributed by atoms with E-state index in [1.807, 2.05) is 18.2 Å². The fourth-order valence-electron chi connectivity index (χ4n) is 4.20. The second kappa shape index (κ2) is 11.2. The van der Waals surface area contributed by atoms with Crippen LogP contribution in [-0.4, -0.2) is 53.6 Å². The number of amides is 1. The normalized spacial score (nSPS) is 15.3. The van der Waals surface area contributed by atoms with Crippen LogP contribution in [0.4, 0.5) is 4.39 Å². The highest BCUT2D eigenvalue weighted by atomic mass is 19.1. The maximum absolute atomic E-state index is 12.9. The standard InChI is InChI=1S/C25H31FN4O2/c26-21-7-5-20(6-8-21)17-32-18-25(31)27-13-9-19-10-14-30(15-11-19)16-12-24-28-22-3-1-2-4-23(22)29-24/h1-8,19H,9-18H2,(H,27,31)(H,28,29). The molecule has 0 bridgehead atoms. The molecule has 6 nitrogen and oxygen atoms in total. The first-order valence-electron chi connectivity index (χ1n) is 11.4. The van der Waals surface area contributed by atoms with Gasteiger partial charge in [-0.25, -0.2) is 9.37 Å². The van der Waals surface area contributed by atoms with Gasteiger partial charge in [0.05, 0.1) is 17.6 Å². The van der Waals surface area contributed by atoms with E-state index >= 15 is 0 Å². The van der Waals surface area contributed by atoms with Crippen molar-refractivity contribution in [1.29, 1.82) is 0 Å². The molecule has 1 fully saturated rings. The second-order valence-corrected chi connectivity index (χ2v) is 8.49. The number of nitrogens with one attached hydrogen (secondary N) is 2. The smallest absolute Gasteiger partial charge is 0.246 e. The Labute approximate surface area is 188 Å². The number of carbonyl (C=O) groups excluding carboxylic acids is 1. The zero-order valence-electron chi connectivity index (χ0n) is 18.4. The monoisotopic (exact) mass is 438 g/mol. The first kappa shape index (κ1) is 22.4. The SMILES string of the molecule is O=C(COCc1ccc(F)cc1)NCCC1CCN(CCc2nc3ccccc3[nH]2)CC1. The number of likely N-dealkylation sites (tertiary alicyclic amines) is 1. The number of fused-ring (bicyclic) bond motifs is 1. The van der Waals surface area contributed by atoms with Crippen LogP contribution in [0.5, 0.6) is 0 Å². The van der Waals surface area contributed by atoms with Gasteiger partial charge in [0.2, 0.25) is 5.91 Å². The summed E-state index contributed by atoms with van der Waals surface area (Å²) in [6.45, 7) is 4.23. The Morgan fingerprint density at radius 1 is 1.16 bits per heavy atom. The number of aromatic nitrogens is 2. The van der Waals surface area contributed by atoms with Gasteiger partial charge < -0.3 is 19.9 Å². The number of rotatable bonds is 10. The average molecular weight is 439 g/mol. The van der Waals surface area contributed by atoms with Gasteiger partial charge in [-0.3, -0.25) is 4.79 Å². The molecule has 0 radical (unpaired) electrons. The van der Waals surface area contributed by atoms with Crippen molar-refractivity contribution in [3.8, 4) is 0 Å². The van der Waals surface area contributed by atoms with Crippen LogP contribution in [0.15, 0.2) is 48.5 Å². The molecule has 32 heavy (non-hydrogen) atoms. The lowest BCUT2D eigenvalue weighted by Crippen LogP contribution is -2.36. The van der Waals surface area contributed by atoms with E-state index in [0.717, 1.165) is 67.7 Å². The summed E-state index contributed by atoms with van der Waals surface area (Å²) in [7, 11) is 0. The lowest BCUT2D eigenvalue weighted by atomic mass is 9.93. The Morgan fingerprint density at radius 2 is 1.94 bits per heavy atom. The van der Waals surface area contributed by atoms with Crippen LogP contribution in [0.25, 0.3) is 11.0 Å². The fraction of sp³-hybridized carbons (Fsp3) is 0.440. The Bertz CT molecular complexity index is 964. The minimum Gasteiger partial charge on any atom is -0.367 e. The summed E-state index contributed by atoms with van der Waals surface area (Å²) in [5.74, 6) is 1.33. The second-order valence-electron chi connectivity index (χ2n) is 8.49. The third-order valence-corrected chi connectivity index (χ3v) is 6.10. The summed E-state index contributed by atoms with van der Waals surface area (Å²) >= 11 is 0. The van der Waals surface area contributed by atoms with Crippen molar-refractivity contribution in [3.05, 3.63) is 65.7 Å². The summed E-state index contributed by atoms with van der Waals surface area (Å²) in [5, 5.41) is 2.95. The first-order chi connectivity index (χ1) is 15.7. The number of aromatic amines is 1. The summed E-state index contributed by atoms with van der Waals surface area (Å²) in [6, 6.07) is 14.3. The molecular formula is C25H31FN4O2. The van der Waals surface area contributed by atoms with Crippen molar-refractivity contribution in [1.82, 2.24) is 20.2 Å². The van der Waals surface area contributed by atoms with Gasteiger partial charge in [-0.05, 0) is 68.1 Å². The molecule has 3 aromatic rings. The number of carbonyl (C=O) groups is 1. The van der Waals surface area contributed by atoms with Crippen molar-refractivity contribution in [2.24, 2.45) is 5.92 Å². The summed E-state index contributed by atoms with van der Waals surface area (Å²) in [4.78, 5) is 22.5. The molecule has 4 rings (SSSR count). The highest BCUT2D eigenvalue weighted by molar-refractivity contribution is 5.77. The van der Waals surface area contributed by atoms with Crippen LogP contribution in [0.1, 0.15) is 30.7 Å². The number of halogens is 1. The molecule has 1 aliphatic heterocycles.